The lowest BCUT2D eigenvalue weighted by atomic mass is 9.81. The van der Waals surface area contributed by atoms with Gasteiger partial charge in [-0.05, 0) is 12.8 Å². The summed E-state index contributed by atoms with van der Waals surface area (Å²) >= 11 is 0. The number of aliphatic hydroxyl groups is 1. The maximum Gasteiger partial charge on any atom is 0.158 e. The van der Waals surface area contributed by atoms with Crippen molar-refractivity contribution in [3.63, 3.8) is 0 Å². The molecule has 74 valence electrons. The Hall–Kier alpha value is -1.29. The van der Waals surface area contributed by atoms with Crippen LogP contribution < -0.4 is 0 Å². The minimum absolute atomic E-state index is 0.0792. The Morgan fingerprint density at radius 2 is 2.43 bits per heavy atom. The Morgan fingerprint density at radius 3 is 3.07 bits per heavy atom. The molecule has 1 fully saturated rings. The predicted molar refractivity (Wildman–Crippen MR) is 52.1 cm³/mol. The summed E-state index contributed by atoms with van der Waals surface area (Å²) in [5.41, 5.74) is 3.02. The average molecular weight is 191 g/mol. The molecular weight excluding hydrogens is 178 g/mol. The van der Waals surface area contributed by atoms with Crippen molar-refractivity contribution in [1.29, 1.82) is 0 Å². The molecule has 0 bridgehead atoms. The normalized spacial score (nSPS) is 17.5. The number of aromatic nitrogens is 3. The van der Waals surface area contributed by atoms with Gasteiger partial charge in [0.1, 0.15) is 0 Å². The Labute approximate surface area is 81.6 Å². The van der Waals surface area contributed by atoms with Crippen molar-refractivity contribution < 1.29 is 5.11 Å². The Kier molecular flexibility index (Phi) is 1.64. The van der Waals surface area contributed by atoms with Crippen LogP contribution >= 0.6 is 0 Å². The van der Waals surface area contributed by atoms with Gasteiger partial charge >= 0.3 is 0 Å². The van der Waals surface area contributed by atoms with E-state index in [1.54, 1.807) is 6.20 Å². The Balaban J connectivity index is 2.16. The van der Waals surface area contributed by atoms with Crippen LogP contribution in [0.2, 0.25) is 0 Å². The number of H-pyrrole nitrogens is 1. The molecule has 14 heavy (non-hydrogen) atoms. The summed E-state index contributed by atoms with van der Waals surface area (Å²) in [5, 5.41) is 12.6. The van der Waals surface area contributed by atoms with E-state index in [2.05, 4.69) is 10.1 Å². The number of hydrogen-bond donors (Lipinski definition) is 2. The predicted octanol–water partition coefficient (Wildman–Crippen LogP) is 1.42. The van der Waals surface area contributed by atoms with Crippen LogP contribution in [0, 0.1) is 0 Å². The van der Waals surface area contributed by atoms with Gasteiger partial charge in [0.25, 0.3) is 0 Å². The molecule has 0 aliphatic heterocycles. The van der Waals surface area contributed by atoms with Crippen molar-refractivity contribution in [3.8, 4) is 0 Å². The van der Waals surface area contributed by atoms with E-state index in [-0.39, 0.29) is 6.61 Å². The zero-order valence-corrected chi connectivity index (χ0v) is 7.90. The van der Waals surface area contributed by atoms with Crippen LogP contribution in [-0.4, -0.2) is 19.7 Å². The molecule has 0 spiro atoms. The van der Waals surface area contributed by atoms with E-state index in [0.29, 0.717) is 5.92 Å². The number of rotatable bonds is 2. The monoisotopic (exact) mass is 191 g/mol. The van der Waals surface area contributed by atoms with Gasteiger partial charge in [0.2, 0.25) is 0 Å². The van der Waals surface area contributed by atoms with Gasteiger partial charge in [0.05, 0.1) is 6.61 Å². The molecular formula is C10H13N3O. The molecule has 2 aromatic rings. The minimum Gasteiger partial charge on any atom is -0.391 e. The maximum atomic E-state index is 9.32. The first-order valence-corrected chi connectivity index (χ1v) is 5.05. The Morgan fingerprint density at radius 1 is 1.57 bits per heavy atom. The number of imidazole rings is 1. The second-order valence-corrected chi connectivity index (χ2v) is 3.91. The van der Waals surface area contributed by atoms with Crippen molar-refractivity contribution in [2.45, 2.75) is 31.8 Å². The lowest BCUT2D eigenvalue weighted by Gasteiger charge is -2.24. The maximum absolute atomic E-state index is 9.32. The van der Waals surface area contributed by atoms with Gasteiger partial charge in [0.15, 0.2) is 5.65 Å². The molecule has 0 aromatic carbocycles. The standard InChI is InChI=1S/C10H13N3O/c14-6-8-9(7-2-1-3-7)12-13-5-4-11-10(8)13/h4-5,7,12,14H,1-3,6H2. The van der Waals surface area contributed by atoms with Crippen LogP contribution in [0.1, 0.15) is 36.4 Å². The summed E-state index contributed by atoms with van der Waals surface area (Å²) in [6.45, 7) is 0.0792. The molecule has 1 saturated carbocycles. The highest BCUT2D eigenvalue weighted by molar-refractivity contribution is 5.51. The summed E-state index contributed by atoms with van der Waals surface area (Å²) in [5.74, 6) is 0.610. The molecule has 3 rings (SSSR count). The molecule has 2 heterocycles. The molecule has 4 nitrogen and oxygen atoms in total. The van der Waals surface area contributed by atoms with E-state index in [1.807, 2.05) is 10.7 Å². The van der Waals surface area contributed by atoms with E-state index in [9.17, 15) is 5.11 Å². The van der Waals surface area contributed by atoms with Crippen LogP contribution in [0.25, 0.3) is 5.65 Å². The third-order valence-electron chi connectivity index (χ3n) is 3.15. The first-order chi connectivity index (χ1) is 6.90. The third kappa shape index (κ3) is 0.944. The summed E-state index contributed by atoms with van der Waals surface area (Å²) in [6, 6.07) is 0. The fourth-order valence-corrected chi connectivity index (χ4v) is 2.13. The fourth-order valence-electron chi connectivity index (χ4n) is 2.13. The number of aliphatic hydroxyl groups excluding tert-OH is 1. The molecule has 0 saturated heterocycles. The quantitative estimate of drug-likeness (QED) is 0.754. The third-order valence-corrected chi connectivity index (χ3v) is 3.15. The van der Waals surface area contributed by atoms with Gasteiger partial charge in [-0.2, -0.15) is 0 Å². The smallest absolute Gasteiger partial charge is 0.158 e. The molecule has 2 aromatic heterocycles. The van der Waals surface area contributed by atoms with Crippen LogP contribution in [0.15, 0.2) is 12.4 Å². The SMILES string of the molecule is OCc1c(C2CCC2)[nH]n2ccnc12. The number of aromatic amines is 1. The van der Waals surface area contributed by atoms with Crippen molar-refractivity contribution in [2.75, 3.05) is 0 Å². The number of hydrogen-bond acceptors (Lipinski definition) is 2. The van der Waals surface area contributed by atoms with Gasteiger partial charge in [0, 0.05) is 29.6 Å². The molecule has 2 N–H and O–H groups in total. The second-order valence-electron chi connectivity index (χ2n) is 3.91. The van der Waals surface area contributed by atoms with E-state index in [4.69, 9.17) is 0 Å². The number of fused-ring (bicyclic) bond motifs is 1. The highest BCUT2D eigenvalue weighted by Gasteiger charge is 2.25. The van der Waals surface area contributed by atoms with Gasteiger partial charge in [-0.15, -0.1) is 0 Å². The van der Waals surface area contributed by atoms with Crippen molar-refractivity contribution in [2.24, 2.45) is 0 Å². The largest absolute Gasteiger partial charge is 0.391 e. The first kappa shape index (κ1) is 8.05. The average Bonchev–Trinajstić information content (AvgIpc) is 2.60. The molecule has 1 aliphatic carbocycles. The highest BCUT2D eigenvalue weighted by atomic mass is 16.3. The van der Waals surface area contributed by atoms with Gasteiger partial charge in [-0.25, -0.2) is 9.50 Å². The van der Waals surface area contributed by atoms with Crippen molar-refractivity contribution >= 4 is 5.65 Å². The Bertz CT molecular complexity index is 453. The zero-order chi connectivity index (χ0) is 9.54. The van der Waals surface area contributed by atoms with E-state index in [1.165, 1.54) is 25.0 Å². The molecule has 0 radical (unpaired) electrons. The topological polar surface area (TPSA) is 53.3 Å². The minimum atomic E-state index is 0.0792. The summed E-state index contributed by atoms with van der Waals surface area (Å²) in [4.78, 5) is 4.22. The molecule has 0 unspecified atom stereocenters. The number of nitrogens with one attached hydrogen (secondary N) is 1. The summed E-state index contributed by atoms with van der Waals surface area (Å²) in [7, 11) is 0. The van der Waals surface area contributed by atoms with Crippen LogP contribution in [0.3, 0.4) is 0 Å². The van der Waals surface area contributed by atoms with Crippen LogP contribution in [0.5, 0.6) is 0 Å². The molecule has 4 heteroatoms. The lowest BCUT2D eigenvalue weighted by molar-refractivity contribution is 0.278. The summed E-state index contributed by atoms with van der Waals surface area (Å²) < 4.78 is 1.89. The summed E-state index contributed by atoms with van der Waals surface area (Å²) in [6.07, 6.45) is 7.40. The van der Waals surface area contributed by atoms with Crippen LogP contribution in [-0.2, 0) is 6.61 Å². The lowest BCUT2D eigenvalue weighted by Crippen LogP contribution is -2.11. The zero-order valence-electron chi connectivity index (χ0n) is 7.90. The molecule has 1 aliphatic rings. The van der Waals surface area contributed by atoms with Gasteiger partial charge in [-0.3, -0.25) is 5.10 Å². The first-order valence-electron chi connectivity index (χ1n) is 5.05. The second kappa shape index (κ2) is 2.85. The van der Waals surface area contributed by atoms with Crippen molar-refractivity contribution in [3.05, 3.63) is 23.7 Å². The highest BCUT2D eigenvalue weighted by Crippen LogP contribution is 2.37. The van der Waals surface area contributed by atoms with Crippen LogP contribution in [0.4, 0.5) is 0 Å². The van der Waals surface area contributed by atoms with Crippen molar-refractivity contribution in [1.82, 2.24) is 14.6 Å². The molecule has 0 atom stereocenters. The van der Waals surface area contributed by atoms with E-state index in [0.717, 1.165) is 11.2 Å². The van der Waals surface area contributed by atoms with E-state index >= 15 is 0 Å². The molecule has 0 amide bonds. The van der Waals surface area contributed by atoms with Gasteiger partial charge < -0.3 is 5.11 Å². The fraction of sp³-hybridized carbons (Fsp3) is 0.500. The van der Waals surface area contributed by atoms with E-state index < -0.39 is 0 Å². The number of nitrogens with zero attached hydrogens (tertiary/aromatic N) is 2. The van der Waals surface area contributed by atoms with Gasteiger partial charge in [-0.1, -0.05) is 6.42 Å².